The molecule has 0 saturated carbocycles. The van der Waals surface area contributed by atoms with Crippen LogP contribution in [0.2, 0.25) is 0 Å². The van der Waals surface area contributed by atoms with Crippen LogP contribution in [0.5, 0.6) is 0 Å². The number of carbonyl (C=O) groups excluding carboxylic acids is 1. The predicted molar refractivity (Wildman–Crippen MR) is 38.3 cm³/mol. The molecule has 0 aliphatic rings. The van der Waals surface area contributed by atoms with Crippen LogP contribution in [0, 0.1) is 6.92 Å². The minimum absolute atomic E-state index is 0.188. The van der Waals surface area contributed by atoms with Crippen molar-refractivity contribution in [1.29, 1.82) is 0 Å². The van der Waals surface area contributed by atoms with Gasteiger partial charge in [-0.3, -0.25) is 0 Å². The average Bonchev–Trinajstić information content (AvgIpc) is 2.47. The second kappa shape index (κ2) is 3.70. The summed E-state index contributed by atoms with van der Waals surface area (Å²) in [7, 11) is 1.29. The maximum absolute atomic E-state index is 10.6. The molecule has 12 heavy (non-hydrogen) atoms. The molecule has 0 saturated heterocycles. The van der Waals surface area contributed by atoms with Gasteiger partial charge in [0, 0.05) is 0 Å². The van der Waals surface area contributed by atoms with Gasteiger partial charge < -0.3 is 14.6 Å². The van der Waals surface area contributed by atoms with Gasteiger partial charge in [-0.1, -0.05) is 5.16 Å². The quantitative estimate of drug-likeness (QED) is 0.689. The summed E-state index contributed by atoms with van der Waals surface area (Å²) in [4.78, 5) is 14.4. The van der Waals surface area contributed by atoms with Crippen LogP contribution < -0.4 is 5.32 Å². The van der Waals surface area contributed by atoms with E-state index < -0.39 is 6.09 Å². The Labute approximate surface area is 68.9 Å². The van der Waals surface area contributed by atoms with Crippen molar-refractivity contribution in [2.45, 2.75) is 13.5 Å². The maximum Gasteiger partial charge on any atom is 0.407 e. The van der Waals surface area contributed by atoms with Crippen LogP contribution in [0.25, 0.3) is 0 Å². The van der Waals surface area contributed by atoms with Crippen LogP contribution in [-0.4, -0.2) is 23.3 Å². The van der Waals surface area contributed by atoms with Crippen LogP contribution in [0.3, 0.4) is 0 Å². The van der Waals surface area contributed by atoms with Gasteiger partial charge in [0.1, 0.15) is 6.54 Å². The second-order valence-corrected chi connectivity index (χ2v) is 2.08. The van der Waals surface area contributed by atoms with E-state index in [0.717, 1.165) is 0 Å². The molecular formula is C6H9N3O3. The van der Waals surface area contributed by atoms with E-state index in [1.807, 2.05) is 0 Å². The molecule has 1 N–H and O–H groups in total. The number of hydrogen-bond acceptors (Lipinski definition) is 5. The number of aromatic nitrogens is 2. The van der Waals surface area contributed by atoms with Gasteiger partial charge in [-0.25, -0.2) is 4.79 Å². The summed E-state index contributed by atoms with van der Waals surface area (Å²) in [6.45, 7) is 1.89. The van der Waals surface area contributed by atoms with Gasteiger partial charge in [-0.15, -0.1) is 0 Å². The summed E-state index contributed by atoms with van der Waals surface area (Å²) in [6.07, 6.45) is -0.522. The molecule has 0 atom stereocenters. The van der Waals surface area contributed by atoms with Crippen molar-refractivity contribution in [2.24, 2.45) is 0 Å². The molecule has 0 spiro atoms. The number of aryl methyl sites for hydroxylation is 1. The van der Waals surface area contributed by atoms with Gasteiger partial charge in [0.25, 0.3) is 0 Å². The molecule has 1 aromatic heterocycles. The fourth-order valence-corrected chi connectivity index (χ4v) is 0.632. The summed E-state index contributed by atoms with van der Waals surface area (Å²) in [5.74, 6) is 0.898. The standard InChI is InChI=1S/C6H9N3O3/c1-4-8-5(12-9-4)3-7-6(10)11-2/h3H2,1-2H3,(H,7,10). The van der Waals surface area contributed by atoms with Crippen molar-refractivity contribution in [2.75, 3.05) is 7.11 Å². The normalized spacial score (nSPS) is 9.50. The first kappa shape index (κ1) is 8.51. The first-order valence-electron chi connectivity index (χ1n) is 3.33. The Balaban J connectivity index is 2.38. The van der Waals surface area contributed by atoms with Crippen LogP contribution in [0.1, 0.15) is 11.7 Å². The fourth-order valence-electron chi connectivity index (χ4n) is 0.632. The Kier molecular flexibility index (Phi) is 2.62. The molecule has 1 amide bonds. The van der Waals surface area contributed by atoms with Crippen molar-refractivity contribution in [3.8, 4) is 0 Å². The number of amides is 1. The molecule has 0 radical (unpaired) electrons. The predicted octanol–water partition coefficient (Wildman–Crippen LogP) is 0.234. The third kappa shape index (κ3) is 2.22. The first-order valence-corrected chi connectivity index (χ1v) is 3.33. The average molecular weight is 171 g/mol. The number of methoxy groups -OCH3 is 1. The second-order valence-electron chi connectivity index (χ2n) is 2.08. The van der Waals surface area contributed by atoms with E-state index in [1.165, 1.54) is 7.11 Å². The summed E-state index contributed by atoms with van der Waals surface area (Å²) in [5, 5.41) is 5.95. The van der Waals surface area contributed by atoms with E-state index in [2.05, 4.69) is 20.2 Å². The molecular weight excluding hydrogens is 162 g/mol. The lowest BCUT2D eigenvalue weighted by Crippen LogP contribution is -2.22. The number of ether oxygens (including phenoxy) is 1. The SMILES string of the molecule is COC(=O)NCc1nc(C)no1. The highest BCUT2D eigenvalue weighted by molar-refractivity contribution is 5.66. The smallest absolute Gasteiger partial charge is 0.407 e. The largest absolute Gasteiger partial charge is 0.453 e. The lowest BCUT2D eigenvalue weighted by atomic mass is 10.6. The fraction of sp³-hybridized carbons (Fsp3) is 0.500. The molecule has 6 nitrogen and oxygen atoms in total. The molecule has 1 heterocycles. The molecule has 0 aliphatic heterocycles. The molecule has 0 bridgehead atoms. The van der Waals surface area contributed by atoms with Crippen molar-refractivity contribution in [3.05, 3.63) is 11.7 Å². The van der Waals surface area contributed by atoms with Gasteiger partial charge in [-0.05, 0) is 6.92 Å². The lowest BCUT2D eigenvalue weighted by Gasteiger charge is -1.97. The summed E-state index contributed by atoms with van der Waals surface area (Å²) in [6, 6.07) is 0. The van der Waals surface area contributed by atoms with Gasteiger partial charge in [0.05, 0.1) is 7.11 Å². The highest BCUT2D eigenvalue weighted by atomic mass is 16.5. The molecule has 1 rings (SSSR count). The van der Waals surface area contributed by atoms with Crippen LogP contribution >= 0.6 is 0 Å². The lowest BCUT2D eigenvalue weighted by molar-refractivity contribution is 0.169. The van der Waals surface area contributed by atoms with Crippen molar-refractivity contribution in [1.82, 2.24) is 15.5 Å². The third-order valence-corrected chi connectivity index (χ3v) is 1.14. The number of hydrogen-bond donors (Lipinski definition) is 1. The minimum Gasteiger partial charge on any atom is -0.453 e. The summed E-state index contributed by atoms with van der Waals surface area (Å²) < 4.78 is 9.07. The summed E-state index contributed by atoms with van der Waals surface area (Å²) in [5.41, 5.74) is 0. The van der Waals surface area contributed by atoms with Gasteiger partial charge in [0.2, 0.25) is 5.89 Å². The zero-order valence-electron chi connectivity index (χ0n) is 6.83. The number of carbonyl (C=O) groups is 1. The number of nitrogens with one attached hydrogen (secondary N) is 1. The van der Waals surface area contributed by atoms with Gasteiger partial charge in [0.15, 0.2) is 5.82 Å². The maximum atomic E-state index is 10.6. The Hall–Kier alpha value is -1.59. The molecule has 0 aliphatic carbocycles. The highest BCUT2D eigenvalue weighted by Crippen LogP contribution is 1.94. The molecule has 0 unspecified atom stereocenters. The topological polar surface area (TPSA) is 77.2 Å². The zero-order chi connectivity index (χ0) is 8.97. The molecule has 66 valence electrons. The molecule has 0 aromatic carbocycles. The monoisotopic (exact) mass is 171 g/mol. The van der Waals surface area contributed by atoms with E-state index in [1.54, 1.807) is 6.92 Å². The Bertz CT molecular complexity index is 271. The van der Waals surface area contributed by atoms with Crippen LogP contribution in [0.4, 0.5) is 4.79 Å². The Morgan fingerprint density at radius 1 is 1.75 bits per heavy atom. The van der Waals surface area contributed by atoms with Crippen LogP contribution in [-0.2, 0) is 11.3 Å². The molecule has 0 fully saturated rings. The van der Waals surface area contributed by atoms with Crippen molar-refractivity contribution in [3.63, 3.8) is 0 Å². The van der Waals surface area contributed by atoms with Crippen LogP contribution in [0.15, 0.2) is 4.52 Å². The van der Waals surface area contributed by atoms with E-state index >= 15 is 0 Å². The Morgan fingerprint density at radius 3 is 3.00 bits per heavy atom. The van der Waals surface area contributed by atoms with Gasteiger partial charge in [-0.2, -0.15) is 4.98 Å². The first-order chi connectivity index (χ1) is 5.72. The minimum atomic E-state index is -0.522. The third-order valence-electron chi connectivity index (χ3n) is 1.14. The summed E-state index contributed by atoms with van der Waals surface area (Å²) >= 11 is 0. The Morgan fingerprint density at radius 2 is 2.50 bits per heavy atom. The van der Waals surface area contributed by atoms with E-state index in [0.29, 0.717) is 11.7 Å². The zero-order valence-corrected chi connectivity index (χ0v) is 6.83. The highest BCUT2D eigenvalue weighted by Gasteiger charge is 2.04. The van der Waals surface area contributed by atoms with E-state index in [-0.39, 0.29) is 6.54 Å². The van der Waals surface area contributed by atoms with E-state index in [4.69, 9.17) is 4.52 Å². The molecule has 6 heteroatoms. The van der Waals surface area contributed by atoms with Crippen molar-refractivity contribution >= 4 is 6.09 Å². The van der Waals surface area contributed by atoms with E-state index in [9.17, 15) is 4.79 Å². The molecule has 1 aromatic rings. The van der Waals surface area contributed by atoms with Crippen molar-refractivity contribution < 1.29 is 14.1 Å². The number of alkyl carbamates (subject to hydrolysis) is 1. The number of nitrogens with zero attached hydrogens (tertiary/aromatic N) is 2. The van der Waals surface area contributed by atoms with Gasteiger partial charge >= 0.3 is 6.09 Å². The number of rotatable bonds is 2.